The van der Waals surface area contributed by atoms with Gasteiger partial charge in [-0.3, -0.25) is 4.79 Å². The number of nitrogens with two attached hydrogens (primary N) is 1. The number of amides is 1. The summed E-state index contributed by atoms with van der Waals surface area (Å²) < 4.78 is 0. The maximum absolute atomic E-state index is 12.6. The van der Waals surface area contributed by atoms with E-state index in [1.54, 1.807) is 0 Å². The first-order valence-corrected chi connectivity index (χ1v) is 8.35. The summed E-state index contributed by atoms with van der Waals surface area (Å²) in [5, 5.41) is 2.50. The average molecular weight is 347 g/mol. The maximum atomic E-state index is 12.6. The molecule has 1 amide bonds. The van der Waals surface area contributed by atoms with Crippen molar-refractivity contribution in [2.75, 3.05) is 20.1 Å². The van der Waals surface area contributed by atoms with Crippen LogP contribution in [0.4, 0.5) is 0 Å². The SMILES string of the molecule is CN(CC(C)(C)CN)C(=O)C1CC1c1ccc2ccccc2c1.Cl. The van der Waals surface area contributed by atoms with E-state index in [4.69, 9.17) is 5.73 Å². The van der Waals surface area contributed by atoms with E-state index in [1.807, 2.05) is 11.9 Å². The lowest BCUT2D eigenvalue weighted by Crippen LogP contribution is -2.40. The monoisotopic (exact) mass is 346 g/mol. The van der Waals surface area contributed by atoms with Crippen LogP contribution in [-0.2, 0) is 4.79 Å². The quantitative estimate of drug-likeness (QED) is 0.894. The molecule has 2 atom stereocenters. The van der Waals surface area contributed by atoms with Gasteiger partial charge in [-0.25, -0.2) is 0 Å². The molecule has 0 radical (unpaired) electrons. The number of carbonyl (C=O) groups excluding carboxylic acids is 1. The van der Waals surface area contributed by atoms with E-state index in [1.165, 1.54) is 16.3 Å². The predicted octanol–water partition coefficient (Wildman–Crippen LogP) is 3.81. The number of hydrogen-bond acceptors (Lipinski definition) is 2. The van der Waals surface area contributed by atoms with Gasteiger partial charge < -0.3 is 10.6 Å². The molecule has 0 bridgehead atoms. The zero-order valence-corrected chi connectivity index (χ0v) is 15.5. The molecule has 1 aliphatic rings. The maximum Gasteiger partial charge on any atom is 0.226 e. The van der Waals surface area contributed by atoms with E-state index in [0.717, 1.165) is 6.42 Å². The third-order valence-electron chi connectivity index (χ3n) is 4.90. The van der Waals surface area contributed by atoms with E-state index in [2.05, 4.69) is 56.3 Å². The highest BCUT2D eigenvalue weighted by Crippen LogP contribution is 2.49. The summed E-state index contributed by atoms with van der Waals surface area (Å²) in [5.74, 6) is 0.759. The minimum Gasteiger partial charge on any atom is -0.345 e. The van der Waals surface area contributed by atoms with Crippen LogP contribution in [0.5, 0.6) is 0 Å². The van der Waals surface area contributed by atoms with Gasteiger partial charge in [0, 0.05) is 19.5 Å². The summed E-state index contributed by atoms with van der Waals surface area (Å²) in [6.07, 6.45) is 0.963. The van der Waals surface area contributed by atoms with E-state index < -0.39 is 0 Å². The lowest BCUT2D eigenvalue weighted by atomic mass is 9.93. The molecule has 2 N–H and O–H groups in total. The fourth-order valence-corrected chi connectivity index (χ4v) is 3.34. The third-order valence-corrected chi connectivity index (χ3v) is 4.90. The second-order valence-corrected chi connectivity index (χ2v) is 7.62. The van der Waals surface area contributed by atoms with Crippen LogP contribution in [0.3, 0.4) is 0 Å². The van der Waals surface area contributed by atoms with E-state index in [-0.39, 0.29) is 29.6 Å². The van der Waals surface area contributed by atoms with Gasteiger partial charge >= 0.3 is 0 Å². The summed E-state index contributed by atoms with van der Waals surface area (Å²) in [6.45, 7) is 5.50. The number of hydrogen-bond donors (Lipinski definition) is 1. The minimum atomic E-state index is -0.0300. The Bertz CT molecular complexity index is 728. The van der Waals surface area contributed by atoms with Gasteiger partial charge in [0.2, 0.25) is 5.91 Å². The highest BCUT2D eigenvalue weighted by atomic mass is 35.5. The number of halogens is 1. The lowest BCUT2D eigenvalue weighted by Gasteiger charge is -2.29. The zero-order chi connectivity index (χ0) is 16.6. The second-order valence-electron chi connectivity index (χ2n) is 7.62. The van der Waals surface area contributed by atoms with Crippen LogP contribution in [0.15, 0.2) is 42.5 Å². The fourth-order valence-electron chi connectivity index (χ4n) is 3.34. The van der Waals surface area contributed by atoms with E-state index in [0.29, 0.717) is 19.0 Å². The molecule has 2 aromatic rings. The Kier molecular flexibility index (Phi) is 5.56. The molecule has 2 aromatic carbocycles. The van der Waals surface area contributed by atoms with Crippen LogP contribution in [-0.4, -0.2) is 30.9 Å². The summed E-state index contributed by atoms with van der Waals surface area (Å²) >= 11 is 0. The largest absolute Gasteiger partial charge is 0.345 e. The molecule has 0 heterocycles. The molecule has 0 spiro atoms. The van der Waals surface area contributed by atoms with Crippen molar-refractivity contribution in [3.63, 3.8) is 0 Å². The summed E-state index contributed by atoms with van der Waals surface area (Å²) in [5.41, 5.74) is 7.04. The summed E-state index contributed by atoms with van der Waals surface area (Å²) in [6, 6.07) is 14.9. The highest BCUT2D eigenvalue weighted by Gasteiger charge is 2.45. The molecule has 0 saturated heterocycles. The fraction of sp³-hybridized carbons (Fsp3) is 0.450. The van der Waals surface area contributed by atoms with Crippen molar-refractivity contribution in [2.24, 2.45) is 17.1 Å². The molecule has 130 valence electrons. The molecular weight excluding hydrogens is 320 g/mol. The number of benzene rings is 2. The van der Waals surface area contributed by atoms with Crippen molar-refractivity contribution in [1.82, 2.24) is 4.90 Å². The Balaban J connectivity index is 0.00000208. The molecule has 1 fully saturated rings. The van der Waals surface area contributed by atoms with Crippen molar-refractivity contribution in [3.8, 4) is 0 Å². The molecule has 0 aliphatic heterocycles. The van der Waals surface area contributed by atoms with Crippen molar-refractivity contribution >= 4 is 29.1 Å². The Labute approximate surface area is 150 Å². The minimum absolute atomic E-state index is 0. The summed E-state index contributed by atoms with van der Waals surface area (Å²) in [4.78, 5) is 14.5. The molecule has 1 aliphatic carbocycles. The first-order valence-electron chi connectivity index (χ1n) is 8.35. The number of rotatable bonds is 5. The zero-order valence-electron chi connectivity index (χ0n) is 14.7. The van der Waals surface area contributed by atoms with Gasteiger partial charge in [0.15, 0.2) is 0 Å². The molecule has 4 heteroatoms. The van der Waals surface area contributed by atoms with Gasteiger partial charge in [-0.05, 0) is 40.6 Å². The molecular formula is C20H27ClN2O. The van der Waals surface area contributed by atoms with Crippen molar-refractivity contribution < 1.29 is 4.79 Å². The van der Waals surface area contributed by atoms with Crippen LogP contribution in [0, 0.1) is 11.3 Å². The average Bonchev–Trinajstić information content (AvgIpc) is 3.34. The van der Waals surface area contributed by atoms with Crippen molar-refractivity contribution in [2.45, 2.75) is 26.2 Å². The standard InChI is InChI=1S/C20H26N2O.ClH/c1-20(2,12-21)13-22(3)19(23)18-11-17(18)16-9-8-14-6-4-5-7-15(14)10-16;/h4-10,17-18H,11-13,21H2,1-3H3;1H. The van der Waals surface area contributed by atoms with Gasteiger partial charge in [0.05, 0.1) is 0 Å². The lowest BCUT2D eigenvalue weighted by molar-refractivity contribution is -0.132. The van der Waals surface area contributed by atoms with Crippen LogP contribution in [0.1, 0.15) is 31.7 Å². The Morgan fingerprint density at radius 1 is 1.21 bits per heavy atom. The molecule has 0 aromatic heterocycles. The first kappa shape index (κ1) is 18.8. The predicted molar refractivity (Wildman–Crippen MR) is 103 cm³/mol. The Hall–Kier alpha value is -1.58. The van der Waals surface area contributed by atoms with Gasteiger partial charge in [-0.15, -0.1) is 12.4 Å². The van der Waals surface area contributed by atoms with Crippen molar-refractivity contribution in [1.29, 1.82) is 0 Å². The Morgan fingerprint density at radius 2 is 1.88 bits per heavy atom. The van der Waals surface area contributed by atoms with Crippen LogP contribution in [0.2, 0.25) is 0 Å². The van der Waals surface area contributed by atoms with Crippen LogP contribution < -0.4 is 5.73 Å². The Morgan fingerprint density at radius 3 is 2.54 bits per heavy atom. The topological polar surface area (TPSA) is 46.3 Å². The van der Waals surface area contributed by atoms with Gasteiger partial charge in [0.1, 0.15) is 0 Å². The van der Waals surface area contributed by atoms with E-state index in [9.17, 15) is 4.79 Å². The smallest absolute Gasteiger partial charge is 0.226 e. The normalized spacial score (nSPS) is 19.7. The number of nitrogens with zero attached hydrogens (tertiary/aromatic N) is 1. The number of fused-ring (bicyclic) bond motifs is 1. The van der Waals surface area contributed by atoms with Crippen LogP contribution >= 0.6 is 12.4 Å². The van der Waals surface area contributed by atoms with Gasteiger partial charge in [0.25, 0.3) is 0 Å². The van der Waals surface area contributed by atoms with Crippen LogP contribution in [0.25, 0.3) is 10.8 Å². The second kappa shape index (κ2) is 7.12. The third kappa shape index (κ3) is 3.90. The first-order chi connectivity index (χ1) is 10.9. The van der Waals surface area contributed by atoms with Gasteiger partial charge in [-0.2, -0.15) is 0 Å². The van der Waals surface area contributed by atoms with E-state index >= 15 is 0 Å². The van der Waals surface area contributed by atoms with Crippen molar-refractivity contribution in [3.05, 3.63) is 48.0 Å². The highest BCUT2D eigenvalue weighted by molar-refractivity contribution is 5.86. The molecule has 24 heavy (non-hydrogen) atoms. The number of carbonyl (C=O) groups is 1. The molecule has 2 unspecified atom stereocenters. The van der Waals surface area contributed by atoms with Gasteiger partial charge in [-0.1, -0.05) is 56.3 Å². The molecule has 3 nitrogen and oxygen atoms in total. The molecule has 3 rings (SSSR count). The summed E-state index contributed by atoms with van der Waals surface area (Å²) in [7, 11) is 1.90. The molecule has 1 saturated carbocycles.